The molecular weight excluding hydrogens is 302 g/mol. The average molecular weight is 327 g/mol. The van der Waals surface area contributed by atoms with Crippen LogP contribution in [0.3, 0.4) is 0 Å². The van der Waals surface area contributed by atoms with Gasteiger partial charge in [0.15, 0.2) is 5.96 Å². The second-order valence-electron chi connectivity index (χ2n) is 4.47. The highest BCUT2D eigenvalue weighted by molar-refractivity contribution is 7.11. The van der Waals surface area contributed by atoms with Crippen LogP contribution in [0, 0.1) is 0 Å². The highest BCUT2D eigenvalue weighted by Crippen LogP contribution is 2.12. The summed E-state index contributed by atoms with van der Waals surface area (Å²) in [5.41, 5.74) is 0. The van der Waals surface area contributed by atoms with E-state index >= 15 is 0 Å². The Balaban J connectivity index is 2.42. The molecule has 0 bridgehead atoms. The minimum atomic E-state index is -0.128. The quantitative estimate of drug-likeness (QED) is 0.350. The zero-order valence-corrected chi connectivity index (χ0v) is 14.3. The minimum Gasteiger partial charge on any atom is -0.383 e. The highest BCUT2D eigenvalue weighted by Gasteiger charge is 2.04. The molecule has 22 heavy (non-hydrogen) atoms. The van der Waals surface area contributed by atoms with E-state index in [0.29, 0.717) is 25.7 Å². The van der Waals surface area contributed by atoms with E-state index in [1.165, 1.54) is 4.88 Å². The van der Waals surface area contributed by atoms with Gasteiger partial charge in [0.1, 0.15) is 11.6 Å². The van der Waals surface area contributed by atoms with Crippen LogP contribution in [-0.2, 0) is 22.5 Å². The monoisotopic (exact) mass is 327 g/mol. The van der Waals surface area contributed by atoms with Gasteiger partial charge < -0.3 is 20.7 Å². The van der Waals surface area contributed by atoms with Gasteiger partial charge in [-0.25, -0.2) is 9.98 Å². The third-order valence-electron chi connectivity index (χ3n) is 2.71. The Morgan fingerprint density at radius 2 is 2.18 bits per heavy atom. The maximum Gasteiger partial charge on any atom is 0.241 e. The number of guanidine groups is 1. The molecule has 0 radical (unpaired) electrons. The van der Waals surface area contributed by atoms with Crippen LogP contribution in [0.1, 0.15) is 23.7 Å². The fourth-order valence-electron chi connectivity index (χ4n) is 1.59. The van der Waals surface area contributed by atoms with Crippen LogP contribution in [0.25, 0.3) is 0 Å². The second kappa shape index (κ2) is 11.0. The molecule has 124 valence electrons. The van der Waals surface area contributed by atoms with E-state index < -0.39 is 0 Å². The van der Waals surface area contributed by atoms with E-state index in [4.69, 9.17) is 4.74 Å². The molecule has 0 aliphatic heterocycles. The largest absolute Gasteiger partial charge is 0.383 e. The zero-order valence-electron chi connectivity index (χ0n) is 13.4. The molecule has 0 saturated carbocycles. The number of hydrogen-bond acceptors (Lipinski definition) is 5. The number of ether oxygens (including phenoxy) is 1. The summed E-state index contributed by atoms with van der Waals surface area (Å²) in [5.74, 6) is 0.481. The average Bonchev–Trinajstić information content (AvgIpc) is 2.98. The van der Waals surface area contributed by atoms with Gasteiger partial charge in [-0.2, -0.15) is 0 Å². The van der Waals surface area contributed by atoms with E-state index in [-0.39, 0.29) is 12.5 Å². The molecule has 1 heterocycles. The van der Waals surface area contributed by atoms with Crippen molar-refractivity contribution in [1.82, 2.24) is 20.9 Å². The summed E-state index contributed by atoms with van der Waals surface area (Å²) in [6, 6.07) is 0. The van der Waals surface area contributed by atoms with Gasteiger partial charge in [0, 0.05) is 31.3 Å². The lowest BCUT2D eigenvalue weighted by Gasteiger charge is -2.10. The van der Waals surface area contributed by atoms with E-state index in [0.717, 1.165) is 18.0 Å². The molecule has 8 heteroatoms. The van der Waals surface area contributed by atoms with Crippen molar-refractivity contribution in [2.24, 2.45) is 4.99 Å². The molecule has 7 nitrogen and oxygen atoms in total. The number of thiazole rings is 1. The molecule has 0 atom stereocenters. The number of carbonyl (C=O) groups is 1. The van der Waals surface area contributed by atoms with Crippen LogP contribution in [0.2, 0.25) is 0 Å². The van der Waals surface area contributed by atoms with Gasteiger partial charge in [-0.15, -0.1) is 11.3 Å². The summed E-state index contributed by atoms with van der Waals surface area (Å²) in [6.07, 6.45) is 2.89. The molecule has 1 amide bonds. The van der Waals surface area contributed by atoms with Crippen LogP contribution in [0.5, 0.6) is 0 Å². The highest BCUT2D eigenvalue weighted by atomic mass is 32.1. The van der Waals surface area contributed by atoms with Gasteiger partial charge in [0.05, 0.1) is 13.2 Å². The van der Waals surface area contributed by atoms with Crippen LogP contribution in [-0.4, -0.2) is 50.2 Å². The SMILES string of the molecule is CCNC(=NCC(=O)NCCOC)NCc1ncc(CC)s1. The van der Waals surface area contributed by atoms with Crippen LogP contribution < -0.4 is 16.0 Å². The summed E-state index contributed by atoms with van der Waals surface area (Å²) in [7, 11) is 1.60. The molecular formula is C14H25N5O2S. The van der Waals surface area contributed by atoms with Crippen molar-refractivity contribution in [2.45, 2.75) is 26.8 Å². The van der Waals surface area contributed by atoms with E-state index in [1.807, 2.05) is 13.1 Å². The Morgan fingerprint density at radius 3 is 2.82 bits per heavy atom. The fraction of sp³-hybridized carbons (Fsp3) is 0.643. The van der Waals surface area contributed by atoms with Crippen molar-refractivity contribution < 1.29 is 9.53 Å². The van der Waals surface area contributed by atoms with E-state index in [2.05, 4.69) is 32.9 Å². The van der Waals surface area contributed by atoms with Crippen molar-refractivity contribution in [3.63, 3.8) is 0 Å². The Kier molecular flexibility index (Phi) is 9.17. The van der Waals surface area contributed by atoms with E-state index in [9.17, 15) is 4.79 Å². The predicted octanol–water partition coefficient (Wildman–Crippen LogP) is 0.523. The third-order valence-corrected chi connectivity index (χ3v) is 3.85. The van der Waals surface area contributed by atoms with E-state index in [1.54, 1.807) is 18.4 Å². The lowest BCUT2D eigenvalue weighted by molar-refractivity contribution is -0.119. The maximum absolute atomic E-state index is 11.6. The Morgan fingerprint density at radius 1 is 1.36 bits per heavy atom. The number of aliphatic imine (C=N–C) groups is 1. The number of rotatable bonds is 9. The van der Waals surface area contributed by atoms with Crippen molar-refractivity contribution >= 4 is 23.2 Å². The van der Waals surface area contributed by atoms with Crippen LogP contribution >= 0.6 is 11.3 Å². The lowest BCUT2D eigenvalue weighted by atomic mass is 10.4. The molecule has 0 unspecified atom stereocenters. The Bertz CT molecular complexity index is 476. The number of hydrogen-bond donors (Lipinski definition) is 3. The van der Waals surface area contributed by atoms with Crippen LogP contribution in [0.4, 0.5) is 0 Å². The molecule has 0 aromatic carbocycles. The van der Waals surface area contributed by atoms with Gasteiger partial charge in [-0.3, -0.25) is 4.79 Å². The number of nitrogens with zero attached hydrogens (tertiary/aromatic N) is 2. The summed E-state index contributed by atoms with van der Waals surface area (Å²) in [5, 5.41) is 10.0. The number of aromatic nitrogens is 1. The first-order valence-corrected chi connectivity index (χ1v) is 8.22. The topological polar surface area (TPSA) is 87.6 Å². The third kappa shape index (κ3) is 7.37. The number of amides is 1. The summed E-state index contributed by atoms with van der Waals surface area (Å²) < 4.78 is 4.87. The molecule has 1 aromatic rings. The molecule has 0 saturated heterocycles. The van der Waals surface area contributed by atoms with Gasteiger partial charge in [-0.1, -0.05) is 6.92 Å². The molecule has 0 spiro atoms. The smallest absolute Gasteiger partial charge is 0.241 e. The number of nitrogens with one attached hydrogen (secondary N) is 3. The second-order valence-corrected chi connectivity index (χ2v) is 5.67. The molecule has 3 N–H and O–H groups in total. The first-order valence-electron chi connectivity index (χ1n) is 7.41. The number of aryl methyl sites for hydroxylation is 1. The van der Waals surface area contributed by atoms with Gasteiger partial charge in [-0.05, 0) is 13.3 Å². The summed E-state index contributed by atoms with van der Waals surface area (Å²) in [4.78, 5) is 21.5. The Labute approximate surface area is 135 Å². The normalized spacial score (nSPS) is 11.3. The molecule has 0 aliphatic carbocycles. The first-order chi connectivity index (χ1) is 10.7. The summed E-state index contributed by atoms with van der Waals surface area (Å²) >= 11 is 1.68. The van der Waals surface area contributed by atoms with Crippen molar-refractivity contribution in [1.29, 1.82) is 0 Å². The van der Waals surface area contributed by atoms with Crippen molar-refractivity contribution in [3.05, 3.63) is 16.1 Å². The maximum atomic E-state index is 11.6. The minimum absolute atomic E-state index is 0.0805. The molecule has 1 rings (SSSR count). The van der Waals surface area contributed by atoms with Gasteiger partial charge >= 0.3 is 0 Å². The zero-order chi connectivity index (χ0) is 16.2. The standard InChI is InChI=1S/C14H25N5O2S/c1-4-11-8-17-13(22-11)10-19-14(15-5-2)18-9-12(20)16-6-7-21-3/h8H,4-7,9-10H2,1-3H3,(H,16,20)(H2,15,18,19). The summed E-state index contributed by atoms with van der Waals surface area (Å²) in [6.45, 7) is 6.49. The van der Waals surface area contributed by atoms with Crippen molar-refractivity contribution in [3.8, 4) is 0 Å². The Hall–Kier alpha value is -1.67. The lowest BCUT2D eigenvalue weighted by Crippen LogP contribution is -2.38. The van der Waals surface area contributed by atoms with Crippen LogP contribution in [0.15, 0.2) is 11.2 Å². The van der Waals surface area contributed by atoms with Gasteiger partial charge in [0.25, 0.3) is 0 Å². The molecule has 0 fully saturated rings. The van der Waals surface area contributed by atoms with Crippen molar-refractivity contribution in [2.75, 3.05) is 33.4 Å². The predicted molar refractivity (Wildman–Crippen MR) is 89.2 cm³/mol. The molecule has 1 aromatic heterocycles. The first kappa shape index (κ1) is 18.4. The van der Waals surface area contributed by atoms with Gasteiger partial charge in [0.2, 0.25) is 5.91 Å². The fourth-order valence-corrected chi connectivity index (χ4v) is 2.40. The molecule has 0 aliphatic rings. The number of carbonyl (C=O) groups excluding carboxylic acids is 1. The number of methoxy groups -OCH3 is 1.